The summed E-state index contributed by atoms with van der Waals surface area (Å²) in [6.07, 6.45) is 1.75. The van der Waals surface area contributed by atoms with Crippen LogP contribution in [0.2, 0.25) is 0 Å². The molecule has 5 aromatic rings. The minimum absolute atomic E-state index is 0.266. The molecule has 1 amide bonds. The molecule has 8 nitrogen and oxygen atoms in total. The SMILES string of the molecule is Cc1cc(C(=O)NCc2cccc(-c3cc4nc(N)c5ncn(C)c5c4s3)c2)no1. The second-order valence-electron chi connectivity index (χ2n) is 7.08. The normalized spacial score (nSPS) is 11.4. The number of fused-ring (bicyclic) bond motifs is 3. The molecule has 0 aliphatic carbocycles. The van der Waals surface area contributed by atoms with Crippen molar-refractivity contribution in [3.05, 3.63) is 59.7 Å². The number of nitrogens with zero attached hydrogens (tertiary/aromatic N) is 4. The van der Waals surface area contributed by atoms with Crippen LogP contribution in [0.5, 0.6) is 0 Å². The Bertz CT molecular complexity index is 1410. The molecule has 4 heterocycles. The molecule has 1 aromatic carbocycles. The van der Waals surface area contributed by atoms with Gasteiger partial charge in [0.15, 0.2) is 11.5 Å². The summed E-state index contributed by atoms with van der Waals surface area (Å²) in [6.45, 7) is 2.14. The molecule has 5 rings (SSSR count). The fraction of sp³-hybridized carbons (Fsp3) is 0.143. The molecule has 3 N–H and O–H groups in total. The molecule has 30 heavy (non-hydrogen) atoms. The molecule has 0 aliphatic heterocycles. The largest absolute Gasteiger partial charge is 0.382 e. The van der Waals surface area contributed by atoms with Crippen molar-refractivity contribution < 1.29 is 9.32 Å². The number of carbonyl (C=O) groups is 1. The van der Waals surface area contributed by atoms with Gasteiger partial charge in [-0.2, -0.15) is 0 Å². The van der Waals surface area contributed by atoms with Crippen LogP contribution in [0.4, 0.5) is 5.82 Å². The highest BCUT2D eigenvalue weighted by Gasteiger charge is 2.15. The van der Waals surface area contributed by atoms with Crippen molar-refractivity contribution >= 4 is 44.3 Å². The van der Waals surface area contributed by atoms with Gasteiger partial charge in [-0.05, 0) is 30.2 Å². The molecule has 0 saturated heterocycles. The van der Waals surface area contributed by atoms with E-state index in [1.807, 2.05) is 35.9 Å². The second-order valence-corrected chi connectivity index (χ2v) is 8.13. The lowest BCUT2D eigenvalue weighted by molar-refractivity contribution is 0.0942. The summed E-state index contributed by atoms with van der Waals surface area (Å²) in [7, 11) is 1.95. The topological polar surface area (TPSA) is 112 Å². The van der Waals surface area contributed by atoms with Crippen molar-refractivity contribution in [3.63, 3.8) is 0 Å². The average molecular weight is 418 g/mol. The van der Waals surface area contributed by atoms with E-state index in [1.54, 1.807) is 30.7 Å². The number of aromatic nitrogens is 4. The van der Waals surface area contributed by atoms with E-state index in [0.717, 1.165) is 37.3 Å². The van der Waals surface area contributed by atoms with Gasteiger partial charge in [-0.25, -0.2) is 9.97 Å². The summed E-state index contributed by atoms with van der Waals surface area (Å²) in [4.78, 5) is 22.2. The molecule has 0 unspecified atom stereocenters. The van der Waals surface area contributed by atoms with Crippen LogP contribution in [0.1, 0.15) is 21.8 Å². The smallest absolute Gasteiger partial charge is 0.273 e. The standard InChI is InChI=1S/C21H18N6O2S/c1-11-6-15(26-29-11)21(28)23-9-12-4-3-5-13(7-12)16-8-14-19(30-16)18-17(20(22)25-14)24-10-27(18)2/h3-8,10H,9H2,1-2H3,(H2,22,25)(H,23,28). The zero-order valence-electron chi connectivity index (χ0n) is 16.3. The summed E-state index contributed by atoms with van der Waals surface area (Å²) in [6, 6.07) is 11.7. The van der Waals surface area contributed by atoms with Gasteiger partial charge in [0.1, 0.15) is 11.3 Å². The Hall–Kier alpha value is -3.72. The molecule has 0 bridgehead atoms. The summed E-state index contributed by atoms with van der Waals surface area (Å²) < 4.78 is 7.97. The first-order valence-corrected chi connectivity index (χ1v) is 10.1. The minimum Gasteiger partial charge on any atom is -0.382 e. The van der Waals surface area contributed by atoms with Gasteiger partial charge in [-0.15, -0.1) is 11.3 Å². The predicted octanol–water partition coefficient (Wildman–Crippen LogP) is 3.66. The fourth-order valence-corrected chi connectivity index (χ4v) is 4.61. The molecule has 0 radical (unpaired) electrons. The van der Waals surface area contributed by atoms with Crippen LogP contribution in [0, 0.1) is 6.92 Å². The quantitative estimate of drug-likeness (QED) is 0.461. The second kappa shape index (κ2) is 6.96. The van der Waals surface area contributed by atoms with E-state index in [2.05, 4.69) is 26.5 Å². The van der Waals surface area contributed by atoms with Crippen LogP contribution in [0.15, 0.2) is 47.2 Å². The van der Waals surface area contributed by atoms with Gasteiger partial charge in [0.2, 0.25) is 0 Å². The number of anilines is 1. The Morgan fingerprint density at radius 3 is 2.97 bits per heavy atom. The lowest BCUT2D eigenvalue weighted by atomic mass is 10.1. The maximum atomic E-state index is 12.2. The summed E-state index contributed by atoms with van der Waals surface area (Å²) in [5.41, 5.74) is 11.0. The fourth-order valence-electron chi connectivity index (χ4n) is 3.43. The van der Waals surface area contributed by atoms with Crippen LogP contribution in [-0.2, 0) is 13.6 Å². The van der Waals surface area contributed by atoms with Crippen LogP contribution in [0.3, 0.4) is 0 Å². The van der Waals surface area contributed by atoms with Crippen molar-refractivity contribution in [2.75, 3.05) is 5.73 Å². The van der Waals surface area contributed by atoms with Gasteiger partial charge in [0, 0.05) is 24.5 Å². The Labute approximate surface area is 175 Å². The lowest BCUT2D eigenvalue weighted by Crippen LogP contribution is -2.23. The maximum Gasteiger partial charge on any atom is 0.273 e. The molecule has 0 aliphatic rings. The van der Waals surface area contributed by atoms with E-state index in [4.69, 9.17) is 10.3 Å². The Kier molecular flexibility index (Phi) is 4.25. The third-order valence-corrected chi connectivity index (χ3v) is 6.05. The minimum atomic E-state index is -0.266. The van der Waals surface area contributed by atoms with Crippen molar-refractivity contribution in [3.8, 4) is 10.4 Å². The third-order valence-electron chi connectivity index (χ3n) is 4.87. The van der Waals surface area contributed by atoms with Crippen LogP contribution >= 0.6 is 11.3 Å². The Morgan fingerprint density at radius 2 is 2.17 bits per heavy atom. The molecule has 150 valence electrons. The van der Waals surface area contributed by atoms with Gasteiger partial charge in [-0.3, -0.25) is 4.79 Å². The molecule has 4 aromatic heterocycles. The molecule has 9 heteroatoms. The molecular formula is C21H18N6O2S. The number of aryl methyl sites for hydroxylation is 2. The first-order valence-electron chi connectivity index (χ1n) is 9.30. The summed E-state index contributed by atoms with van der Waals surface area (Å²) in [5, 5.41) is 6.61. The number of amides is 1. The van der Waals surface area contributed by atoms with Gasteiger partial charge in [-0.1, -0.05) is 23.4 Å². The molecular weight excluding hydrogens is 400 g/mol. The van der Waals surface area contributed by atoms with E-state index in [-0.39, 0.29) is 11.6 Å². The number of hydrogen-bond acceptors (Lipinski definition) is 7. The predicted molar refractivity (Wildman–Crippen MR) is 116 cm³/mol. The molecule has 0 saturated carbocycles. The highest BCUT2D eigenvalue weighted by Crippen LogP contribution is 2.38. The zero-order valence-corrected chi connectivity index (χ0v) is 17.2. The molecule has 0 spiro atoms. The summed E-state index contributed by atoms with van der Waals surface area (Å²) >= 11 is 1.65. The highest BCUT2D eigenvalue weighted by molar-refractivity contribution is 7.23. The highest BCUT2D eigenvalue weighted by atomic mass is 32.1. The van der Waals surface area contributed by atoms with Gasteiger partial charge >= 0.3 is 0 Å². The third kappa shape index (κ3) is 3.09. The number of pyridine rings is 1. The van der Waals surface area contributed by atoms with Gasteiger partial charge in [0.25, 0.3) is 5.91 Å². The van der Waals surface area contributed by atoms with Crippen LogP contribution in [0.25, 0.3) is 31.7 Å². The van der Waals surface area contributed by atoms with Crippen molar-refractivity contribution in [1.29, 1.82) is 0 Å². The molecule has 0 atom stereocenters. The summed E-state index contributed by atoms with van der Waals surface area (Å²) in [5.74, 6) is 0.767. The number of nitrogens with two attached hydrogens (primary N) is 1. The Morgan fingerprint density at radius 1 is 1.30 bits per heavy atom. The van der Waals surface area contributed by atoms with E-state index in [9.17, 15) is 4.79 Å². The first kappa shape index (κ1) is 18.3. The van der Waals surface area contributed by atoms with Crippen molar-refractivity contribution in [2.45, 2.75) is 13.5 Å². The zero-order chi connectivity index (χ0) is 20.8. The number of nitrogens with one attached hydrogen (secondary N) is 1. The monoisotopic (exact) mass is 418 g/mol. The van der Waals surface area contributed by atoms with Crippen molar-refractivity contribution in [1.82, 2.24) is 25.0 Å². The van der Waals surface area contributed by atoms with E-state index < -0.39 is 0 Å². The van der Waals surface area contributed by atoms with Gasteiger partial charge < -0.3 is 20.1 Å². The number of nitrogen functional groups attached to an aromatic ring is 1. The number of carbonyl (C=O) groups excluding carboxylic acids is 1. The Balaban J connectivity index is 1.45. The number of rotatable bonds is 4. The lowest BCUT2D eigenvalue weighted by Gasteiger charge is -2.05. The number of hydrogen-bond donors (Lipinski definition) is 2. The maximum absolute atomic E-state index is 12.2. The van der Waals surface area contributed by atoms with E-state index in [0.29, 0.717) is 18.1 Å². The van der Waals surface area contributed by atoms with Crippen LogP contribution in [-0.4, -0.2) is 25.6 Å². The number of benzene rings is 1. The van der Waals surface area contributed by atoms with Crippen molar-refractivity contribution in [2.24, 2.45) is 7.05 Å². The van der Waals surface area contributed by atoms with Crippen LogP contribution < -0.4 is 11.1 Å². The van der Waals surface area contributed by atoms with Gasteiger partial charge in [0.05, 0.1) is 22.1 Å². The average Bonchev–Trinajstić information content (AvgIpc) is 3.45. The van der Waals surface area contributed by atoms with E-state index >= 15 is 0 Å². The first-order chi connectivity index (χ1) is 14.5. The van der Waals surface area contributed by atoms with E-state index in [1.165, 1.54) is 0 Å². The number of imidazole rings is 1. The molecule has 0 fully saturated rings. The number of thiophene rings is 1.